The minimum atomic E-state index is -0.625. The molecule has 0 saturated carbocycles. The van der Waals surface area contributed by atoms with Gasteiger partial charge in [0.05, 0.1) is 5.92 Å². The molecule has 1 atom stereocenters. The summed E-state index contributed by atoms with van der Waals surface area (Å²) < 4.78 is 0. The Bertz CT molecular complexity index is 442. The van der Waals surface area contributed by atoms with Gasteiger partial charge in [0.15, 0.2) is 0 Å². The van der Waals surface area contributed by atoms with Crippen LogP contribution in [0.4, 0.5) is 16.2 Å². The lowest BCUT2D eigenvalue weighted by molar-refractivity contribution is -0.120. The molecular formula is C13H20N4O2. The van der Waals surface area contributed by atoms with Crippen molar-refractivity contribution in [1.29, 1.82) is 0 Å². The van der Waals surface area contributed by atoms with E-state index in [1.165, 1.54) is 0 Å². The Balaban J connectivity index is 2.67. The van der Waals surface area contributed by atoms with Crippen LogP contribution in [0.2, 0.25) is 0 Å². The molecule has 3 amide bonds. The van der Waals surface area contributed by atoms with E-state index >= 15 is 0 Å². The zero-order valence-corrected chi connectivity index (χ0v) is 11.1. The van der Waals surface area contributed by atoms with Gasteiger partial charge in [-0.1, -0.05) is 13.8 Å². The van der Waals surface area contributed by atoms with Crippen LogP contribution in [-0.2, 0) is 4.79 Å². The Morgan fingerprint density at radius 2 is 1.58 bits per heavy atom. The van der Waals surface area contributed by atoms with Crippen LogP contribution in [-0.4, -0.2) is 18.5 Å². The lowest BCUT2D eigenvalue weighted by Gasteiger charge is -2.18. The Kier molecular flexibility index (Phi) is 5.32. The standard InChI is InChI=1S/C13H20N4O2/c1-8(2)11(7-14)12(18)16-9-3-5-10(6-4-9)17-13(15)19/h3-6,8,11H,7,14H2,1-2H3,(H,16,18)(H3,15,17,19). The van der Waals surface area contributed by atoms with Crippen molar-refractivity contribution in [3.8, 4) is 0 Å². The summed E-state index contributed by atoms with van der Waals surface area (Å²) in [6.07, 6.45) is 0. The minimum Gasteiger partial charge on any atom is -0.351 e. The third-order valence-electron chi connectivity index (χ3n) is 2.82. The van der Waals surface area contributed by atoms with Gasteiger partial charge in [-0.15, -0.1) is 0 Å². The lowest BCUT2D eigenvalue weighted by Crippen LogP contribution is -2.33. The molecule has 104 valence electrons. The van der Waals surface area contributed by atoms with Crippen molar-refractivity contribution in [3.63, 3.8) is 0 Å². The molecule has 0 aliphatic carbocycles. The van der Waals surface area contributed by atoms with Gasteiger partial charge in [-0.3, -0.25) is 4.79 Å². The molecule has 0 aliphatic rings. The second-order valence-corrected chi connectivity index (χ2v) is 4.64. The number of urea groups is 1. The average Bonchev–Trinajstić information content (AvgIpc) is 2.31. The number of hydrogen-bond acceptors (Lipinski definition) is 3. The van der Waals surface area contributed by atoms with Gasteiger partial charge >= 0.3 is 6.03 Å². The number of hydrogen-bond donors (Lipinski definition) is 4. The van der Waals surface area contributed by atoms with E-state index < -0.39 is 6.03 Å². The minimum absolute atomic E-state index is 0.104. The number of benzene rings is 1. The van der Waals surface area contributed by atoms with E-state index in [1.54, 1.807) is 24.3 Å². The first-order chi connectivity index (χ1) is 8.93. The largest absolute Gasteiger partial charge is 0.351 e. The van der Waals surface area contributed by atoms with Crippen LogP contribution in [0.5, 0.6) is 0 Å². The number of nitrogens with two attached hydrogens (primary N) is 2. The van der Waals surface area contributed by atoms with Crippen LogP contribution in [0.1, 0.15) is 13.8 Å². The van der Waals surface area contributed by atoms with Gasteiger partial charge in [0.25, 0.3) is 0 Å². The molecule has 0 saturated heterocycles. The molecule has 0 spiro atoms. The van der Waals surface area contributed by atoms with Crippen LogP contribution < -0.4 is 22.1 Å². The lowest BCUT2D eigenvalue weighted by atomic mass is 9.95. The number of primary amides is 1. The first kappa shape index (κ1) is 15.0. The van der Waals surface area contributed by atoms with Crippen molar-refractivity contribution >= 4 is 23.3 Å². The molecule has 0 aromatic heterocycles. The maximum absolute atomic E-state index is 12.0. The van der Waals surface area contributed by atoms with Crippen molar-refractivity contribution in [2.24, 2.45) is 23.3 Å². The predicted octanol–water partition coefficient (Wildman–Crippen LogP) is 1.35. The summed E-state index contributed by atoms with van der Waals surface area (Å²) in [5.41, 5.74) is 11.8. The quantitative estimate of drug-likeness (QED) is 0.644. The van der Waals surface area contributed by atoms with Gasteiger partial charge in [0.1, 0.15) is 0 Å². The molecule has 19 heavy (non-hydrogen) atoms. The van der Waals surface area contributed by atoms with E-state index in [4.69, 9.17) is 11.5 Å². The number of carbonyl (C=O) groups excluding carboxylic acids is 2. The van der Waals surface area contributed by atoms with Crippen LogP contribution in [0.3, 0.4) is 0 Å². The number of amides is 3. The highest BCUT2D eigenvalue weighted by Crippen LogP contribution is 2.16. The monoisotopic (exact) mass is 264 g/mol. The summed E-state index contributed by atoms with van der Waals surface area (Å²) in [6, 6.07) is 6.08. The summed E-state index contributed by atoms with van der Waals surface area (Å²) in [4.78, 5) is 22.6. The molecule has 1 aromatic carbocycles. The topological polar surface area (TPSA) is 110 Å². The fourth-order valence-electron chi connectivity index (χ4n) is 1.70. The fourth-order valence-corrected chi connectivity index (χ4v) is 1.70. The maximum atomic E-state index is 12.0. The molecular weight excluding hydrogens is 244 g/mol. The van der Waals surface area contributed by atoms with Crippen LogP contribution in [0.15, 0.2) is 24.3 Å². The molecule has 0 radical (unpaired) electrons. The van der Waals surface area contributed by atoms with Crippen LogP contribution >= 0.6 is 0 Å². The van der Waals surface area contributed by atoms with E-state index in [-0.39, 0.29) is 17.7 Å². The summed E-state index contributed by atoms with van der Waals surface area (Å²) in [7, 11) is 0. The van der Waals surface area contributed by atoms with Crippen molar-refractivity contribution in [1.82, 2.24) is 0 Å². The molecule has 6 nitrogen and oxygen atoms in total. The number of nitrogens with one attached hydrogen (secondary N) is 2. The van der Waals surface area contributed by atoms with E-state index in [9.17, 15) is 9.59 Å². The predicted molar refractivity (Wildman–Crippen MR) is 75.7 cm³/mol. The third kappa shape index (κ3) is 4.59. The summed E-state index contributed by atoms with van der Waals surface area (Å²) >= 11 is 0. The Hall–Kier alpha value is -2.08. The van der Waals surface area contributed by atoms with Crippen molar-refractivity contribution in [3.05, 3.63) is 24.3 Å². The van der Waals surface area contributed by atoms with E-state index in [0.717, 1.165) is 0 Å². The average molecular weight is 264 g/mol. The smallest absolute Gasteiger partial charge is 0.316 e. The molecule has 6 N–H and O–H groups in total. The van der Waals surface area contributed by atoms with Gasteiger partial charge in [-0.25, -0.2) is 4.79 Å². The Labute approximate surface area is 112 Å². The van der Waals surface area contributed by atoms with Gasteiger partial charge in [-0.05, 0) is 30.2 Å². The highest BCUT2D eigenvalue weighted by atomic mass is 16.2. The molecule has 1 unspecified atom stereocenters. The zero-order chi connectivity index (χ0) is 14.4. The normalized spacial score (nSPS) is 12.0. The van der Waals surface area contributed by atoms with Gasteiger partial charge in [0, 0.05) is 17.9 Å². The van der Waals surface area contributed by atoms with E-state index in [0.29, 0.717) is 17.9 Å². The molecule has 1 aromatic rings. The van der Waals surface area contributed by atoms with E-state index in [2.05, 4.69) is 10.6 Å². The molecule has 0 aliphatic heterocycles. The molecule has 0 bridgehead atoms. The zero-order valence-electron chi connectivity index (χ0n) is 11.1. The fraction of sp³-hybridized carbons (Fsp3) is 0.385. The second kappa shape index (κ2) is 6.75. The summed E-state index contributed by atoms with van der Waals surface area (Å²) in [5, 5.41) is 5.24. The number of anilines is 2. The van der Waals surface area contributed by atoms with Crippen molar-refractivity contribution in [2.45, 2.75) is 13.8 Å². The van der Waals surface area contributed by atoms with Gasteiger partial charge in [-0.2, -0.15) is 0 Å². The van der Waals surface area contributed by atoms with Crippen LogP contribution in [0.25, 0.3) is 0 Å². The van der Waals surface area contributed by atoms with Gasteiger partial charge in [0.2, 0.25) is 5.91 Å². The van der Waals surface area contributed by atoms with Crippen molar-refractivity contribution in [2.75, 3.05) is 17.2 Å². The number of rotatable bonds is 5. The first-order valence-electron chi connectivity index (χ1n) is 6.11. The SMILES string of the molecule is CC(C)C(CN)C(=O)Nc1ccc(NC(N)=O)cc1. The number of carbonyl (C=O) groups is 2. The Morgan fingerprint density at radius 1 is 1.11 bits per heavy atom. The molecule has 6 heteroatoms. The molecule has 0 fully saturated rings. The summed E-state index contributed by atoms with van der Waals surface area (Å²) in [6.45, 7) is 4.22. The Morgan fingerprint density at radius 3 is 1.95 bits per heavy atom. The maximum Gasteiger partial charge on any atom is 0.316 e. The van der Waals surface area contributed by atoms with Crippen LogP contribution in [0, 0.1) is 11.8 Å². The first-order valence-corrected chi connectivity index (χ1v) is 6.11. The van der Waals surface area contributed by atoms with Gasteiger partial charge < -0.3 is 22.1 Å². The van der Waals surface area contributed by atoms with E-state index in [1.807, 2.05) is 13.8 Å². The molecule has 0 heterocycles. The summed E-state index contributed by atoms with van der Waals surface area (Å²) in [5.74, 6) is -0.141. The second-order valence-electron chi connectivity index (χ2n) is 4.64. The molecule has 1 rings (SSSR count). The van der Waals surface area contributed by atoms with Crippen molar-refractivity contribution < 1.29 is 9.59 Å². The third-order valence-corrected chi connectivity index (χ3v) is 2.82. The highest BCUT2D eigenvalue weighted by molar-refractivity contribution is 5.93. The highest BCUT2D eigenvalue weighted by Gasteiger charge is 2.20.